The third-order valence-electron chi connectivity index (χ3n) is 5.24. The molecule has 2 aromatic heterocycles. The summed E-state index contributed by atoms with van der Waals surface area (Å²) in [6.07, 6.45) is 1.87. The zero-order valence-electron chi connectivity index (χ0n) is 17.4. The average molecular weight is 414 g/mol. The van der Waals surface area contributed by atoms with E-state index in [4.69, 9.17) is 9.72 Å². The summed E-state index contributed by atoms with van der Waals surface area (Å²) in [5, 5.41) is 5.14. The van der Waals surface area contributed by atoms with E-state index >= 15 is 0 Å². The number of aromatic nitrogens is 3. The van der Waals surface area contributed by atoms with E-state index in [0.717, 1.165) is 53.8 Å². The van der Waals surface area contributed by atoms with Gasteiger partial charge in [0.05, 0.1) is 23.4 Å². The first-order valence-corrected chi connectivity index (χ1v) is 10.7. The summed E-state index contributed by atoms with van der Waals surface area (Å²) in [5.41, 5.74) is 4.69. The van der Waals surface area contributed by atoms with Crippen molar-refractivity contribution in [3.63, 3.8) is 0 Å². The lowest BCUT2D eigenvalue weighted by Gasteiger charge is -2.29. The van der Waals surface area contributed by atoms with Crippen LogP contribution in [0.4, 0.5) is 5.13 Å². The van der Waals surface area contributed by atoms with Gasteiger partial charge in [0.1, 0.15) is 0 Å². The highest BCUT2D eigenvalue weighted by Gasteiger charge is 2.26. The van der Waals surface area contributed by atoms with Crippen molar-refractivity contribution in [1.82, 2.24) is 19.7 Å². The number of ether oxygens (including phenoxy) is 1. The Kier molecular flexibility index (Phi) is 5.67. The Morgan fingerprint density at radius 2 is 1.97 bits per heavy atom. The quantitative estimate of drug-likeness (QED) is 0.644. The van der Waals surface area contributed by atoms with Crippen LogP contribution in [0.5, 0.6) is 0 Å². The Bertz CT molecular complexity index is 1040. The first kappa shape index (κ1) is 20.0. The molecule has 1 aliphatic rings. The van der Waals surface area contributed by atoms with Crippen molar-refractivity contribution in [3.05, 3.63) is 40.7 Å². The molecule has 1 fully saturated rings. The van der Waals surface area contributed by atoms with Gasteiger partial charge >= 0.3 is 0 Å². The lowest BCUT2D eigenvalue weighted by atomic mass is 10.1. The lowest BCUT2D eigenvalue weighted by Crippen LogP contribution is -2.43. The first-order valence-electron chi connectivity index (χ1n) is 9.92. The van der Waals surface area contributed by atoms with Crippen molar-refractivity contribution >= 4 is 32.6 Å². The molecular formula is C21H27N5O2S. The van der Waals surface area contributed by atoms with Crippen LogP contribution in [-0.4, -0.2) is 65.0 Å². The summed E-state index contributed by atoms with van der Waals surface area (Å²) >= 11 is 1.58. The van der Waals surface area contributed by atoms with Crippen molar-refractivity contribution < 1.29 is 9.53 Å². The molecule has 29 heavy (non-hydrogen) atoms. The summed E-state index contributed by atoms with van der Waals surface area (Å²) in [7, 11) is 1.84. The van der Waals surface area contributed by atoms with Gasteiger partial charge in [0.15, 0.2) is 10.8 Å². The molecule has 154 valence electrons. The molecular weight excluding hydrogens is 386 g/mol. The Morgan fingerprint density at radius 3 is 2.66 bits per heavy atom. The fourth-order valence-electron chi connectivity index (χ4n) is 3.78. The second-order valence-corrected chi connectivity index (χ2v) is 8.65. The Morgan fingerprint density at radius 1 is 1.21 bits per heavy atom. The highest BCUT2D eigenvalue weighted by Crippen LogP contribution is 2.33. The number of morpholine rings is 1. The van der Waals surface area contributed by atoms with E-state index in [2.05, 4.69) is 36.0 Å². The number of rotatable bonds is 5. The van der Waals surface area contributed by atoms with Crippen molar-refractivity contribution in [2.24, 2.45) is 7.05 Å². The van der Waals surface area contributed by atoms with Crippen LogP contribution in [0.1, 0.15) is 27.2 Å². The number of benzene rings is 1. The maximum atomic E-state index is 13.5. The minimum absolute atomic E-state index is 0.0928. The fourth-order valence-corrected chi connectivity index (χ4v) is 4.82. The zero-order chi connectivity index (χ0) is 20.5. The molecule has 0 unspecified atom stereocenters. The Hall–Kier alpha value is -2.29. The summed E-state index contributed by atoms with van der Waals surface area (Å²) in [6.45, 7) is 10.7. The molecule has 1 saturated heterocycles. The van der Waals surface area contributed by atoms with Gasteiger partial charge in [-0.15, -0.1) is 0 Å². The monoisotopic (exact) mass is 413 g/mol. The summed E-state index contributed by atoms with van der Waals surface area (Å²) in [4.78, 5) is 22.4. The minimum Gasteiger partial charge on any atom is -0.379 e. The number of hydrogen-bond acceptors (Lipinski definition) is 6. The number of aryl methyl sites for hydroxylation is 4. The van der Waals surface area contributed by atoms with E-state index in [1.54, 1.807) is 20.9 Å². The van der Waals surface area contributed by atoms with Crippen LogP contribution < -0.4 is 4.90 Å². The topological polar surface area (TPSA) is 63.5 Å². The smallest absolute Gasteiger partial charge is 0.280 e. The van der Waals surface area contributed by atoms with Gasteiger partial charge in [0.2, 0.25) is 0 Å². The van der Waals surface area contributed by atoms with Crippen LogP contribution in [0.3, 0.4) is 0 Å². The third kappa shape index (κ3) is 4.19. The predicted molar refractivity (Wildman–Crippen MR) is 116 cm³/mol. The maximum Gasteiger partial charge on any atom is 0.280 e. The first-order chi connectivity index (χ1) is 13.9. The van der Waals surface area contributed by atoms with Gasteiger partial charge in [-0.2, -0.15) is 5.10 Å². The second kappa shape index (κ2) is 8.22. The molecule has 0 spiro atoms. The molecule has 4 rings (SSSR count). The van der Waals surface area contributed by atoms with Crippen LogP contribution in [0.2, 0.25) is 0 Å². The van der Waals surface area contributed by atoms with Gasteiger partial charge in [0, 0.05) is 45.0 Å². The predicted octanol–water partition coefficient (Wildman–Crippen LogP) is 2.93. The van der Waals surface area contributed by atoms with Gasteiger partial charge in [-0.3, -0.25) is 19.3 Å². The van der Waals surface area contributed by atoms with E-state index in [1.807, 2.05) is 20.2 Å². The Labute approximate surface area is 174 Å². The highest BCUT2D eigenvalue weighted by molar-refractivity contribution is 7.22. The summed E-state index contributed by atoms with van der Waals surface area (Å²) < 4.78 is 8.27. The second-order valence-electron chi connectivity index (χ2n) is 7.67. The van der Waals surface area contributed by atoms with Crippen LogP contribution in [0, 0.1) is 20.8 Å². The molecule has 3 aromatic rings. The largest absolute Gasteiger partial charge is 0.379 e. The maximum absolute atomic E-state index is 13.5. The molecule has 8 heteroatoms. The molecule has 1 aromatic carbocycles. The van der Waals surface area contributed by atoms with E-state index in [9.17, 15) is 4.79 Å². The van der Waals surface area contributed by atoms with E-state index < -0.39 is 0 Å². The number of fused-ring (bicyclic) bond motifs is 1. The molecule has 3 heterocycles. The number of thiazole rings is 1. The number of amides is 1. The van der Waals surface area contributed by atoms with Crippen molar-refractivity contribution in [2.75, 3.05) is 44.3 Å². The molecule has 0 bridgehead atoms. The van der Waals surface area contributed by atoms with E-state index in [-0.39, 0.29) is 5.91 Å². The van der Waals surface area contributed by atoms with Crippen LogP contribution in [-0.2, 0) is 11.8 Å². The molecule has 1 aliphatic heterocycles. The van der Waals surface area contributed by atoms with Gasteiger partial charge in [-0.05, 0) is 38.0 Å². The summed E-state index contributed by atoms with van der Waals surface area (Å²) in [5.74, 6) is -0.0928. The van der Waals surface area contributed by atoms with Crippen LogP contribution in [0.25, 0.3) is 10.2 Å². The SMILES string of the molecule is Cc1cc(C)c2sc(N(CCN3CCOCC3)C(=O)c3nn(C)cc3C)nc2c1. The number of carbonyl (C=O) groups excluding carboxylic acids is 1. The van der Waals surface area contributed by atoms with Gasteiger partial charge in [-0.1, -0.05) is 17.4 Å². The standard InChI is InChI=1S/C21H27N5O2S/c1-14-11-15(2)19-17(12-14)22-21(29-19)26(6-5-25-7-9-28-10-8-25)20(27)18-16(3)13-24(4)23-18/h11-13H,5-10H2,1-4H3. The fraction of sp³-hybridized carbons (Fsp3) is 0.476. The van der Waals surface area contributed by atoms with Crippen molar-refractivity contribution in [3.8, 4) is 0 Å². The molecule has 7 nitrogen and oxygen atoms in total. The van der Waals surface area contributed by atoms with Gasteiger partial charge in [0.25, 0.3) is 5.91 Å². The van der Waals surface area contributed by atoms with E-state index in [1.165, 1.54) is 11.1 Å². The lowest BCUT2D eigenvalue weighted by molar-refractivity contribution is 0.0391. The van der Waals surface area contributed by atoms with Gasteiger partial charge < -0.3 is 4.74 Å². The zero-order valence-corrected chi connectivity index (χ0v) is 18.3. The molecule has 0 saturated carbocycles. The van der Waals surface area contributed by atoms with E-state index in [0.29, 0.717) is 12.2 Å². The van der Waals surface area contributed by atoms with Crippen LogP contribution >= 0.6 is 11.3 Å². The Balaban J connectivity index is 1.68. The van der Waals surface area contributed by atoms with Gasteiger partial charge in [-0.25, -0.2) is 4.98 Å². The third-order valence-corrected chi connectivity index (χ3v) is 6.47. The van der Waals surface area contributed by atoms with Crippen molar-refractivity contribution in [1.29, 1.82) is 0 Å². The molecule has 1 amide bonds. The summed E-state index contributed by atoms with van der Waals surface area (Å²) in [6, 6.07) is 4.24. The molecule has 0 N–H and O–H groups in total. The number of nitrogens with zero attached hydrogens (tertiary/aromatic N) is 5. The minimum atomic E-state index is -0.0928. The molecule has 0 radical (unpaired) electrons. The number of hydrogen-bond donors (Lipinski definition) is 0. The number of anilines is 1. The van der Waals surface area contributed by atoms with Crippen molar-refractivity contribution in [2.45, 2.75) is 20.8 Å². The normalized spacial score (nSPS) is 15.2. The van der Waals surface area contributed by atoms with Crippen LogP contribution in [0.15, 0.2) is 18.3 Å². The number of carbonyl (C=O) groups is 1. The molecule has 0 aliphatic carbocycles. The highest BCUT2D eigenvalue weighted by atomic mass is 32.1. The average Bonchev–Trinajstić information content (AvgIpc) is 3.25. The molecule has 0 atom stereocenters.